The monoisotopic (exact) mass is 339 g/mol. The highest BCUT2D eigenvalue weighted by molar-refractivity contribution is 5.77. The molecule has 1 rings (SSSR count). The van der Waals surface area contributed by atoms with Gasteiger partial charge < -0.3 is 15.6 Å². The van der Waals surface area contributed by atoms with Crippen LogP contribution in [0.3, 0.4) is 0 Å². The number of unbranched alkanes of at least 4 members (excludes halogenated alkanes) is 2. The fourth-order valence-corrected chi connectivity index (χ4v) is 3.69. The molecular formula is C19H33NO4. The summed E-state index contributed by atoms with van der Waals surface area (Å²) < 4.78 is 5.27. The molecule has 0 radical (unpaired) electrons. The van der Waals surface area contributed by atoms with E-state index in [1.165, 1.54) is 0 Å². The molecule has 0 bridgehead atoms. The predicted molar refractivity (Wildman–Crippen MR) is 94.4 cm³/mol. The van der Waals surface area contributed by atoms with Crippen molar-refractivity contribution in [2.24, 2.45) is 28.9 Å². The number of hydrogen-bond donors (Lipinski definition) is 2. The maximum absolute atomic E-state index is 12.4. The Morgan fingerprint density at radius 3 is 2.46 bits per heavy atom. The zero-order chi connectivity index (χ0) is 18.5. The first-order valence-corrected chi connectivity index (χ1v) is 9.02. The fraction of sp³-hybridized carbons (Fsp3) is 0.789. The molecule has 138 valence electrons. The minimum atomic E-state index is -0.986. The van der Waals surface area contributed by atoms with Gasteiger partial charge in [0.05, 0.1) is 12.0 Å². The van der Waals surface area contributed by atoms with E-state index in [0.717, 1.165) is 31.3 Å². The molecule has 1 aliphatic carbocycles. The van der Waals surface area contributed by atoms with Crippen LogP contribution in [0.1, 0.15) is 59.8 Å². The normalized spacial score (nSPS) is 22.8. The van der Waals surface area contributed by atoms with Gasteiger partial charge >= 0.3 is 11.9 Å². The standard InChI is InChI=1S/C19H33NO4/c1-6-8-9-10-14(19(4,5)18(23)24-7-2)16-12(3)13(16)11-15(20)17(21)22/h13-16H,3,6-11,20H2,1-2,4-5H3,(H,21,22). The van der Waals surface area contributed by atoms with E-state index < -0.39 is 17.4 Å². The molecule has 0 spiro atoms. The number of carbonyl (C=O) groups excluding carboxylic acids is 1. The second-order valence-corrected chi connectivity index (χ2v) is 7.43. The molecule has 24 heavy (non-hydrogen) atoms. The largest absolute Gasteiger partial charge is 0.480 e. The molecule has 4 atom stereocenters. The van der Waals surface area contributed by atoms with Gasteiger partial charge in [-0.1, -0.05) is 38.3 Å². The summed E-state index contributed by atoms with van der Waals surface area (Å²) in [5, 5.41) is 9.03. The Morgan fingerprint density at radius 2 is 1.96 bits per heavy atom. The number of rotatable bonds is 11. The number of aliphatic carboxylic acids is 1. The highest BCUT2D eigenvalue weighted by Crippen LogP contribution is 2.58. The summed E-state index contributed by atoms with van der Waals surface area (Å²) in [5.41, 5.74) is 6.11. The van der Waals surface area contributed by atoms with Crippen LogP contribution >= 0.6 is 0 Å². The van der Waals surface area contributed by atoms with Crippen molar-refractivity contribution in [3.63, 3.8) is 0 Å². The Balaban J connectivity index is 2.88. The van der Waals surface area contributed by atoms with E-state index in [9.17, 15) is 9.59 Å². The molecule has 0 aliphatic heterocycles. The van der Waals surface area contributed by atoms with Gasteiger partial charge in [0.1, 0.15) is 6.04 Å². The summed E-state index contributed by atoms with van der Waals surface area (Å²) in [6, 6.07) is -0.876. The van der Waals surface area contributed by atoms with Crippen LogP contribution in [0.15, 0.2) is 12.2 Å². The lowest BCUT2D eigenvalue weighted by molar-refractivity contribution is -0.157. The number of carbonyl (C=O) groups is 2. The minimum absolute atomic E-state index is 0.0939. The SMILES string of the molecule is C=C1C(CC(N)C(=O)O)C1C(CCCCC)C(C)(C)C(=O)OCC. The Kier molecular flexibility index (Phi) is 7.46. The summed E-state index contributed by atoms with van der Waals surface area (Å²) >= 11 is 0. The van der Waals surface area contributed by atoms with Crippen LogP contribution in [-0.2, 0) is 14.3 Å². The zero-order valence-corrected chi connectivity index (χ0v) is 15.5. The topological polar surface area (TPSA) is 89.6 Å². The maximum Gasteiger partial charge on any atom is 0.320 e. The van der Waals surface area contributed by atoms with E-state index in [4.69, 9.17) is 15.6 Å². The van der Waals surface area contributed by atoms with Crippen molar-refractivity contribution in [1.82, 2.24) is 0 Å². The molecule has 5 nitrogen and oxygen atoms in total. The van der Waals surface area contributed by atoms with E-state index in [-0.39, 0.29) is 23.7 Å². The summed E-state index contributed by atoms with van der Waals surface area (Å²) in [6.45, 7) is 12.3. The van der Waals surface area contributed by atoms with Gasteiger partial charge in [0.2, 0.25) is 0 Å². The molecule has 0 aromatic rings. The predicted octanol–water partition coefficient (Wildman–Crippen LogP) is 3.38. The number of esters is 1. The lowest BCUT2D eigenvalue weighted by atomic mass is 9.72. The number of allylic oxidation sites excluding steroid dienone is 1. The van der Waals surface area contributed by atoms with Gasteiger partial charge in [0, 0.05) is 0 Å². The zero-order valence-electron chi connectivity index (χ0n) is 15.5. The first-order chi connectivity index (χ1) is 11.2. The molecule has 3 N–H and O–H groups in total. The van der Waals surface area contributed by atoms with Crippen LogP contribution < -0.4 is 5.73 Å². The Morgan fingerprint density at radius 1 is 1.33 bits per heavy atom. The van der Waals surface area contributed by atoms with Crippen LogP contribution in [0, 0.1) is 23.2 Å². The van der Waals surface area contributed by atoms with E-state index in [1.807, 2.05) is 20.8 Å². The molecular weight excluding hydrogens is 306 g/mol. The minimum Gasteiger partial charge on any atom is -0.480 e. The van der Waals surface area contributed by atoms with Gasteiger partial charge in [-0.2, -0.15) is 0 Å². The quantitative estimate of drug-likeness (QED) is 0.342. The van der Waals surface area contributed by atoms with Crippen molar-refractivity contribution in [2.75, 3.05) is 6.61 Å². The molecule has 1 aliphatic rings. The number of ether oxygens (including phenoxy) is 1. The summed E-state index contributed by atoms with van der Waals surface area (Å²) in [6.07, 6.45) is 4.59. The van der Waals surface area contributed by atoms with Crippen molar-refractivity contribution in [1.29, 1.82) is 0 Å². The Bertz CT molecular complexity index is 472. The van der Waals surface area contributed by atoms with Crippen molar-refractivity contribution < 1.29 is 19.4 Å². The third-order valence-corrected chi connectivity index (χ3v) is 5.33. The smallest absolute Gasteiger partial charge is 0.320 e. The summed E-state index contributed by atoms with van der Waals surface area (Å²) in [5.74, 6) is -0.808. The highest BCUT2D eigenvalue weighted by Gasteiger charge is 2.54. The molecule has 1 fully saturated rings. The van der Waals surface area contributed by atoms with E-state index >= 15 is 0 Å². The van der Waals surface area contributed by atoms with Gasteiger partial charge in [0.15, 0.2) is 0 Å². The van der Waals surface area contributed by atoms with Gasteiger partial charge in [0.25, 0.3) is 0 Å². The average Bonchev–Trinajstić information content (AvgIpc) is 3.12. The Hall–Kier alpha value is -1.36. The van der Waals surface area contributed by atoms with E-state index in [2.05, 4.69) is 13.5 Å². The summed E-state index contributed by atoms with van der Waals surface area (Å²) in [4.78, 5) is 23.5. The molecule has 0 heterocycles. The second kappa shape index (κ2) is 8.65. The first kappa shape index (κ1) is 20.7. The Labute approximate surface area is 145 Å². The van der Waals surface area contributed by atoms with E-state index in [1.54, 1.807) is 0 Å². The number of carboxylic acids is 1. The molecule has 5 heteroatoms. The average molecular weight is 339 g/mol. The first-order valence-electron chi connectivity index (χ1n) is 9.02. The van der Waals surface area contributed by atoms with Gasteiger partial charge in [-0.15, -0.1) is 0 Å². The van der Waals surface area contributed by atoms with Gasteiger partial charge in [-0.25, -0.2) is 0 Å². The lowest BCUT2D eigenvalue weighted by Gasteiger charge is -2.33. The molecule has 0 aromatic heterocycles. The second-order valence-electron chi connectivity index (χ2n) is 7.43. The van der Waals surface area contributed by atoms with Crippen LogP contribution in [0.2, 0.25) is 0 Å². The van der Waals surface area contributed by atoms with Crippen LogP contribution in [0.4, 0.5) is 0 Å². The molecule has 4 unspecified atom stereocenters. The van der Waals surface area contributed by atoms with Crippen molar-refractivity contribution in [3.8, 4) is 0 Å². The molecule has 0 saturated heterocycles. The molecule has 0 amide bonds. The van der Waals surface area contributed by atoms with Crippen molar-refractivity contribution in [3.05, 3.63) is 12.2 Å². The van der Waals surface area contributed by atoms with Gasteiger partial charge in [-0.05, 0) is 51.4 Å². The lowest BCUT2D eigenvalue weighted by Crippen LogP contribution is -2.37. The third-order valence-electron chi connectivity index (χ3n) is 5.33. The third kappa shape index (κ3) is 4.82. The maximum atomic E-state index is 12.4. The van der Waals surface area contributed by atoms with Crippen LogP contribution in [0.5, 0.6) is 0 Å². The molecule has 1 saturated carbocycles. The molecule has 0 aromatic carbocycles. The number of hydrogen-bond acceptors (Lipinski definition) is 4. The van der Waals surface area contributed by atoms with Crippen LogP contribution in [0.25, 0.3) is 0 Å². The fourth-order valence-electron chi connectivity index (χ4n) is 3.69. The van der Waals surface area contributed by atoms with Gasteiger partial charge in [-0.3, -0.25) is 9.59 Å². The van der Waals surface area contributed by atoms with E-state index in [0.29, 0.717) is 13.0 Å². The van der Waals surface area contributed by atoms with Crippen LogP contribution in [-0.4, -0.2) is 29.7 Å². The number of carboxylic acid groups (broad SMARTS) is 1. The highest BCUT2D eigenvalue weighted by atomic mass is 16.5. The van der Waals surface area contributed by atoms with Crippen molar-refractivity contribution in [2.45, 2.75) is 65.8 Å². The number of nitrogens with two attached hydrogens (primary N) is 1. The summed E-state index contributed by atoms with van der Waals surface area (Å²) in [7, 11) is 0. The van der Waals surface area contributed by atoms with Crippen molar-refractivity contribution >= 4 is 11.9 Å².